The van der Waals surface area contributed by atoms with E-state index in [-0.39, 0.29) is 17.4 Å². The molecule has 0 heterocycles. The molecule has 0 aliphatic rings. The van der Waals surface area contributed by atoms with Crippen LogP contribution in [0.2, 0.25) is 0 Å². The second-order valence-corrected chi connectivity index (χ2v) is 6.22. The smallest absolute Gasteiger partial charge is 0.335 e. The minimum absolute atomic E-state index is 0.0345. The van der Waals surface area contributed by atoms with Crippen molar-refractivity contribution in [3.63, 3.8) is 0 Å². The van der Waals surface area contributed by atoms with Gasteiger partial charge in [0.25, 0.3) is 0 Å². The highest BCUT2D eigenvalue weighted by atomic mass is 16.5. The van der Waals surface area contributed by atoms with E-state index in [0.717, 1.165) is 11.3 Å². The van der Waals surface area contributed by atoms with E-state index < -0.39 is 5.97 Å². The van der Waals surface area contributed by atoms with Crippen LogP contribution in [-0.4, -0.2) is 37.2 Å². The summed E-state index contributed by atoms with van der Waals surface area (Å²) in [6.07, 6.45) is 1.18. The van der Waals surface area contributed by atoms with E-state index in [4.69, 9.17) is 14.6 Å². The van der Waals surface area contributed by atoms with Gasteiger partial charge in [0, 0.05) is 12.5 Å². The number of carboxylic acid groups (broad SMARTS) is 1. The quantitative estimate of drug-likeness (QED) is 0.670. The van der Waals surface area contributed by atoms with Crippen LogP contribution < -0.4 is 14.8 Å². The molecule has 0 spiro atoms. The molecule has 0 fully saturated rings. The van der Waals surface area contributed by atoms with Crippen LogP contribution in [0.5, 0.6) is 11.5 Å². The maximum absolute atomic E-state index is 12.2. The SMILES string of the molecule is COc1cc(C(=O)O)ccc1CCNC(=O)C(C)CCOc1ccccc1. The van der Waals surface area contributed by atoms with Crippen molar-refractivity contribution in [3.05, 3.63) is 59.7 Å². The normalized spacial score (nSPS) is 11.5. The molecule has 2 aromatic carbocycles. The van der Waals surface area contributed by atoms with E-state index in [0.29, 0.717) is 31.7 Å². The van der Waals surface area contributed by atoms with Gasteiger partial charge in [-0.25, -0.2) is 4.79 Å². The predicted molar refractivity (Wildman–Crippen MR) is 102 cm³/mol. The summed E-state index contributed by atoms with van der Waals surface area (Å²) in [7, 11) is 1.50. The molecule has 0 aliphatic heterocycles. The van der Waals surface area contributed by atoms with Gasteiger partial charge in [-0.3, -0.25) is 4.79 Å². The fraction of sp³-hybridized carbons (Fsp3) is 0.333. The van der Waals surface area contributed by atoms with Gasteiger partial charge < -0.3 is 19.9 Å². The number of methoxy groups -OCH3 is 1. The third-order valence-electron chi connectivity index (χ3n) is 4.24. The van der Waals surface area contributed by atoms with Gasteiger partial charge in [-0.1, -0.05) is 31.2 Å². The van der Waals surface area contributed by atoms with Crippen molar-refractivity contribution >= 4 is 11.9 Å². The molecule has 0 aliphatic carbocycles. The number of amides is 1. The van der Waals surface area contributed by atoms with Crippen LogP contribution in [0.1, 0.15) is 29.3 Å². The first-order valence-corrected chi connectivity index (χ1v) is 8.87. The first kappa shape index (κ1) is 20.3. The predicted octanol–water partition coefficient (Wildman–Crippen LogP) is 3.16. The minimum atomic E-state index is -1.00. The maximum atomic E-state index is 12.2. The molecule has 2 N–H and O–H groups in total. The van der Waals surface area contributed by atoms with Gasteiger partial charge in [0.1, 0.15) is 11.5 Å². The summed E-state index contributed by atoms with van der Waals surface area (Å²) in [6, 6.07) is 14.2. The molecule has 2 rings (SSSR count). The molecule has 6 heteroatoms. The molecule has 144 valence electrons. The lowest BCUT2D eigenvalue weighted by Crippen LogP contribution is -2.31. The molecule has 27 heavy (non-hydrogen) atoms. The maximum Gasteiger partial charge on any atom is 0.335 e. The highest BCUT2D eigenvalue weighted by molar-refractivity contribution is 5.88. The Morgan fingerprint density at radius 1 is 1.15 bits per heavy atom. The number of nitrogens with one attached hydrogen (secondary N) is 1. The van der Waals surface area contributed by atoms with Crippen molar-refractivity contribution in [2.24, 2.45) is 5.92 Å². The first-order chi connectivity index (χ1) is 13.0. The highest BCUT2D eigenvalue weighted by Gasteiger charge is 2.13. The second kappa shape index (κ2) is 10.2. The number of hydrogen-bond acceptors (Lipinski definition) is 4. The molecule has 0 saturated carbocycles. The fourth-order valence-electron chi connectivity index (χ4n) is 2.58. The van der Waals surface area contributed by atoms with Crippen molar-refractivity contribution in [2.45, 2.75) is 19.8 Å². The number of hydrogen-bond donors (Lipinski definition) is 2. The van der Waals surface area contributed by atoms with E-state index in [1.165, 1.54) is 19.2 Å². The molecular formula is C21H25NO5. The average molecular weight is 371 g/mol. The number of carbonyl (C=O) groups excluding carboxylic acids is 1. The van der Waals surface area contributed by atoms with Crippen LogP contribution in [0, 0.1) is 5.92 Å². The molecule has 0 radical (unpaired) electrons. The number of carboxylic acids is 1. The van der Waals surface area contributed by atoms with Gasteiger partial charge in [-0.2, -0.15) is 0 Å². The van der Waals surface area contributed by atoms with Crippen molar-refractivity contribution in [1.82, 2.24) is 5.32 Å². The third kappa shape index (κ3) is 6.33. The zero-order valence-electron chi connectivity index (χ0n) is 15.6. The summed E-state index contributed by atoms with van der Waals surface area (Å²) in [5.41, 5.74) is 1.02. The Kier molecular flexibility index (Phi) is 7.67. The number of aromatic carboxylic acids is 1. The van der Waals surface area contributed by atoms with Crippen LogP contribution in [0.15, 0.2) is 48.5 Å². The minimum Gasteiger partial charge on any atom is -0.496 e. The molecule has 0 aromatic heterocycles. The van der Waals surface area contributed by atoms with E-state index in [2.05, 4.69) is 5.32 Å². The van der Waals surface area contributed by atoms with Crippen LogP contribution >= 0.6 is 0 Å². The topological polar surface area (TPSA) is 84.9 Å². The van der Waals surface area contributed by atoms with Gasteiger partial charge in [0.2, 0.25) is 5.91 Å². The molecule has 1 unspecified atom stereocenters. The zero-order chi connectivity index (χ0) is 19.6. The summed E-state index contributed by atoms with van der Waals surface area (Å²) in [5.74, 6) is 0.105. The van der Waals surface area contributed by atoms with Crippen molar-refractivity contribution < 1.29 is 24.2 Å². The Hall–Kier alpha value is -3.02. The van der Waals surface area contributed by atoms with E-state index >= 15 is 0 Å². The first-order valence-electron chi connectivity index (χ1n) is 8.87. The average Bonchev–Trinajstić information content (AvgIpc) is 2.68. The molecular weight excluding hydrogens is 346 g/mol. The summed E-state index contributed by atoms with van der Waals surface area (Å²) in [6.45, 7) is 2.79. The second-order valence-electron chi connectivity index (χ2n) is 6.22. The summed E-state index contributed by atoms with van der Waals surface area (Å²) in [4.78, 5) is 23.2. The fourth-order valence-corrected chi connectivity index (χ4v) is 2.58. The third-order valence-corrected chi connectivity index (χ3v) is 4.24. The largest absolute Gasteiger partial charge is 0.496 e. The van der Waals surface area contributed by atoms with Gasteiger partial charge in [-0.15, -0.1) is 0 Å². The van der Waals surface area contributed by atoms with Crippen LogP contribution in [0.3, 0.4) is 0 Å². The standard InChI is InChI=1S/C21H25NO5/c1-15(11-13-27-18-6-4-3-5-7-18)20(23)22-12-10-16-8-9-17(21(24)25)14-19(16)26-2/h3-9,14-15H,10-13H2,1-2H3,(H,22,23)(H,24,25). The Labute approximate surface area is 159 Å². The van der Waals surface area contributed by atoms with E-state index in [1.807, 2.05) is 37.3 Å². The molecule has 0 bridgehead atoms. The van der Waals surface area contributed by atoms with Crippen LogP contribution in [0.4, 0.5) is 0 Å². The van der Waals surface area contributed by atoms with Crippen molar-refractivity contribution in [2.75, 3.05) is 20.3 Å². The van der Waals surface area contributed by atoms with Gasteiger partial charge >= 0.3 is 5.97 Å². The molecule has 1 atom stereocenters. The molecule has 6 nitrogen and oxygen atoms in total. The zero-order valence-corrected chi connectivity index (χ0v) is 15.6. The summed E-state index contributed by atoms with van der Waals surface area (Å²) >= 11 is 0. The van der Waals surface area contributed by atoms with Gasteiger partial charge in [0.15, 0.2) is 0 Å². The van der Waals surface area contributed by atoms with Crippen LogP contribution in [-0.2, 0) is 11.2 Å². The molecule has 2 aromatic rings. The van der Waals surface area contributed by atoms with E-state index in [1.54, 1.807) is 6.07 Å². The Balaban J connectivity index is 1.75. The Morgan fingerprint density at radius 2 is 1.89 bits per heavy atom. The Morgan fingerprint density at radius 3 is 2.56 bits per heavy atom. The molecule has 1 amide bonds. The Bertz CT molecular complexity index is 760. The van der Waals surface area contributed by atoms with Crippen molar-refractivity contribution in [1.29, 1.82) is 0 Å². The van der Waals surface area contributed by atoms with Gasteiger partial charge in [0.05, 0.1) is 19.3 Å². The lowest BCUT2D eigenvalue weighted by molar-refractivity contribution is -0.124. The summed E-state index contributed by atoms with van der Waals surface area (Å²) < 4.78 is 10.9. The van der Waals surface area contributed by atoms with Crippen molar-refractivity contribution in [3.8, 4) is 11.5 Å². The van der Waals surface area contributed by atoms with E-state index in [9.17, 15) is 9.59 Å². The monoisotopic (exact) mass is 371 g/mol. The summed E-state index contributed by atoms with van der Waals surface area (Å²) in [5, 5.41) is 11.9. The molecule has 0 saturated heterocycles. The number of carbonyl (C=O) groups is 2. The lowest BCUT2D eigenvalue weighted by atomic mass is 10.1. The highest BCUT2D eigenvalue weighted by Crippen LogP contribution is 2.20. The number of benzene rings is 2. The number of ether oxygens (including phenoxy) is 2. The number of rotatable bonds is 10. The van der Waals surface area contributed by atoms with Crippen LogP contribution in [0.25, 0.3) is 0 Å². The lowest BCUT2D eigenvalue weighted by Gasteiger charge is -2.14. The van der Waals surface area contributed by atoms with Gasteiger partial charge in [-0.05, 0) is 42.7 Å². The number of para-hydroxylation sites is 1.